The summed E-state index contributed by atoms with van der Waals surface area (Å²) in [5.41, 5.74) is -0.475. The quantitative estimate of drug-likeness (QED) is 0.580. The molecule has 0 spiro atoms. The molecule has 2 fully saturated rings. The smallest absolute Gasteiger partial charge is 0.245 e. The van der Waals surface area contributed by atoms with E-state index >= 15 is 0 Å². The summed E-state index contributed by atoms with van der Waals surface area (Å²) in [6, 6.07) is 7.96. The van der Waals surface area contributed by atoms with Gasteiger partial charge in [-0.25, -0.2) is 0 Å². The van der Waals surface area contributed by atoms with Crippen molar-refractivity contribution in [3.05, 3.63) is 41.6 Å². The van der Waals surface area contributed by atoms with Gasteiger partial charge in [0.2, 0.25) is 17.7 Å². The van der Waals surface area contributed by atoms with Gasteiger partial charge >= 0.3 is 0 Å². The lowest BCUT2D eigenvalue weighted by molar-refractivity contribution is -0.182. The van der Waals surface area contributed by atoms with Crippen molar-refractivity contribution in [2.45, 2.75) is 53.0 Å². The first-order valence-corrected chi connectivity index (χ1v) is 10.1. The van der Waals surface area contributed by atoms with Crippen LogP contribution in [-0.2, 0) is 14.4 Å². The number of carbonyl (C=O) groups is 3. The van der Waals surface area contributed by atoms with Crippen molar-refractivity contribution >= 4 is 23.8 Å². The first-order valence-electron chi connectivity index (χ1n) is 10.1. The van der Waals surface area contributed by atoms with Gasteiger partial charge in [0.25, 0.3) is 0 Å². The molecule has 2 bridgehead atoms. The second-order valence-electron chi connectivity index (χ2n) is 9.11. The fraction of sp³-hybridized carbons (Fsp3) is 0.522. The monoisotopic (exact) mass is 380 g/mol. The number of carbonyl (C=O) groups excluding carboxylic acids is 3. The summed E-state index contributed by atoms with van der Waals surface area (Å²) in [7, 11) is 1.52. The maximum absolute atomic E-state index is 14.0. The van der Waals surface area contributed by atoms with Crippen LogP contribution in [0.2, 0.25) is 0 Å². The molecule has 1 aromatic rings. The van der Waals surface area contributed by atoms with Crippen LogP contribution in [0.25, 0.3) is 6.08 Å². The van der Waals surface area contributed by atoms with E-state index in [2.05, 4.69) is 6.92 Å². The molecule has 3 aliphatic rings. The zero-order chi connectivity index (χ0) is 20.5. The summed E-state index contributed by atoms with van der Waals surface area (Å²) in [5, 5.41) is 0. The normalized spacial score (nSPS) is 33.2. The number of rotatable bonds is 2. The van der Waals surface area contributed by atoms with Gasteiger partial charge in [0.15, 0.2) is 0 Å². The Hall–Kier alpha value is -2.43. The molecule has 3 amide bonds. The maximum Gasteiger partial charge on any atom is 0.245 e. The van der Waals surface area contributed by atoms with Crippen LogP contribution >= 0.6 is 0 Å². The lowest BCUT2D eigenvalue weighted by Crippen LogP contribution is -2.67. The topological polar surface area (TPSA) is 57.7 Å². The number of nitrogens with zero attached hydrogens (tertiary/aromatic N) is 2. The van der Waals surface area contributed by atoms with Crippen molar-refractivity contribution in [2.24, 2.45) is 16.2 Å². The molecule has 0 radical (unpaired) electrons. The predicted octanol–water partition coefficient (Wildman–Crippen LogP) is 3.76. The van der Waals surface area contributed by atoms with Crippen molar-refractivity contribution < 1.29 is 14.4 Å². The van der Waals surface area contributed by atoms with Crippen LogP contribution in [0.3, 0.4) is 0 Å². The molecule has 1 saturated heterocycles. The standard InChI is InChI=1S/C23H28N2O3/c1-6-17-16-10-8-7-9-15(16)11-14-25(17)20(28)23-13-12-22(4,21(23,2)3)18(26)24(5)19(23)27/h7-11,14,17H,6,12-13H2,1-5H3/t17-,22+,23-/m1/s1. The second-order valence-corrected chi connectivity index (χ2v) is 9.11. The Morgan fingerprint density at radius 2 is 1.79 bits per heavy atom. The van der Waals surface area contributed by atoms with Gasteiger partial charge < -0.3 is 4.90 Å². The first-order chi connectivity index (χ1) is 13.1. The minimum absolute atomic E-state index is 0.110. The molecule has 2 aliphatic heterocycles. The minimum atomic E-state index is -1.21. The fourth-order valence-electron chi connectivity index (χ4n) is 5.72. The van der Waals surface area contributed by atoms with E-state index in [-0.39, 0.29) is 23.8 Å². The van der Waals surface area contributed by atoms with E-state index in [1.807, 2.05) is 57.3 Å². The number of imide groups is 1. The Kier molecular flexibility index (Phi) is 3.91. The zero-order valence-corrected chi connectivity index (χ0v) is 17.3. The molecule has 1 aromatic carbocycles. The molecule has 148 valence electrons. The Morgan fingerprint density at radius 1 is 1.11 bits per heavy atom. The van der Waals surface area contributed by atoms with E-state index in [0.717, 1.165) is 17.5 Å². The number of hydrogen-bond acceptors (Lipinski definition) is 3. The lowest BCUT2D eigenvalue weighted by atomic mass is 9.55. The van der Waals surface area contributed by atoms with Crippen molar-refractivity contribution in [3.8, 4) is 0 Å². The van der Waals surface area contributed by atoms with Crippen LogP contribution in [0, 0.1) is 16.2 Å². The fourth-order valence-corrected chi connectivity index (χ4v) is 5.72. The van der Waals surface area contributed by atoms with Crippen molar-refractivity contribution in [3.63, 3.8) is 0 Å². The van der Waals surface area contributed by atoms with Gasteiger partial charge in [-0.05, 0) is 36.5 Å². The van der Waals surface area contributed by atoms with Crippen LogP contribution in [0.15, 0.2) is 30.5 Å². The molecule has 5 heteroatoms. The Balaban J connectivity index is 1.84. The Morgan fingerprint density at radius 3 is 2.46 bits per heavy atom. The molecule has 4 rings (SSSR count). The zero-order valence-electron chi connectivity index (χ0n) is 17.3. The van der Waals surface area contributed by atoms with Crippen LogP contribution in [0.1, 0.15) is 64.1 Å². The van der Waals surface area contributed by atoms with Gasteiger partial charge in [-0.15, -0.1) is 0 Å². The molecule has 0 N–H and O–H groups in total. The summed E-state index contributed by atoms with van der Waals surface area (Å²) in [5.74, 6) is -0.706. The van der Waals surface area contributed by atoms with Gasteiger partial charge in [-0.2, -0.15) is 0 Å². The third-order valence-corrected chi connectivity index (χ3v) is 7.98. The van der Waals surface area contributed by atoms with Crippen LogP contribution in [0.5, 0.6) is 0 Å². The van der Waals surface area contributed by atoms with E-state index in [1.54, 1.807) is 4.90 Å². The van der Waals surface area contributed by atoms with Crippen LogP contribution in [0.4, 0.5) is 0 Å². The lowest BCUT2D eigenvalue weighted by Gasteiger charge is -2.53. The van der Waals surface area contributed by atoms with Gasteiger partial charge in [-0.1, -0.05) is 52.0 Å². The molecular weight excluding hydrogens is 352 g/mol. The largest absolute Gasteiger partial charge is 0.311 e. The average molecular weight is 380 g/mol. The highest BCUT2D eigenvalue weighted by molar-refractivity contribution is 6.16. The summed E-state index contributed by atoms with van der Waals surface area (Å²) in [4.78, 5) is 43.3. The summed E-state index contributed by atoms with van der Waals surface area (Å²) < 4.78 is 0. The molecule has 5 nitrogen and oxygen atoms in total. The third kappa shape index (κ3) is 1.94. The number of amides is 3. The summed E-state index contributed by atoms with van der Waals surface area (Å²) in [6.45, 7) is 7.80. The highest BCUT2D eigenvalue weighted by atomic mass is 16.2. The van der Waals surface area contributed by atoms with Crippen LogP contribution < -0.4 is 0 Å². The minimum Gasteiger partial charge on any atom is -0.311 e. The summed E-state index contributed by atoms with van der Waals surface area (Å²) >= 11 is 0. The first kappa shape index (κ1) is 18.9. The molecule has 3 atom stereocenters. The number of piperidine rings is 1. The van der Waals surface area contributed by atoms with Gasteiger partial charge in [0, 0.05) is 18.7 Å². The molecule has 1 saturated carbocycles. The number of hydrogen-bond donors (Lipinski definition) is 0. The van der Waals surface area contributed by atoms with Crippen LogP contribution in [-0.4, -0.2) is 34.6 Å². The molecule has 1 aliphatic carbocycles. The Bertz CT molecular complexity index is 918. The third-order valence-electron chi connectivity index (χ3n) is 7.98. The molecular formula is C23H28N2O3. The Labute approximate surface area is 166 Å². The van der Waals surface area contributed by atoms with E-state index in [1.165, 1.54) is 11.9 Å². The second kappa shape index (κ2) is 5.79. The molecule has 0 unspecified atom stereocenters. The average Bonchev–Trinajstić information content (AvgIpc) is 2.87. The van der Waals surface area contributed by atoms with E-state index in [9.17, 15) is 14.4 Å². The maximum atomic E-state index is 14.0. The molecule has 0 aromatic heterocycles. The SMILES string of the molecule is CC[C@@H]1c2ccccc2C=CN1C(=O)[C@@]12CC[C@@](C)(C(=O)N(C)C1=O)C2(C)C. The number of likely N-dealkylation sites (tertiary alicyclic amines) is 1. The molecule has 2 heterocycles. The van der Waals surface area contributed by atoms with Crippen molar-refractivity contribution in [1.29, 1.82) is 0 Å². The number of benzene rings is 1. The van der Waals surface area contributed by atoms with Gasteiger partial charge in [0.1, 0.15) is 5.41 Å². The highest BCUT2D eigenvalue weighted by Gasteiger charge is 2.75. The highest BCUT2D eigenvalue weighted by Crippen LogP contribution is 2.67. The number of fused-ring (bicyclic) bond motifs is 3. The van der Waals surface area contributed by atoms with E-state index < -0.39 is 16.2 Å². The predicted molar refractivity (Wildman–Crippen MR) is 107 cm³/mol. The van der Waals surface area contributed by atoms with Crippen molar-refractivity contribution in [1.82, 2.24) is 9.80 Å². The summed E-state index contributed by atoms with van der Waals surface area (Å²) in [6.07, 6.45) is 5.48. The van der Waals surface area contributed by atoms with E-state index in [4.69, 9.17) is 0 Å². The van der Waals surface area contributed by atoms with Gasteiger partial charge in [-0.3, -0.25) is 19.3 Å². The van der Waals surface area contributed by atoms with Gasteiger partial charge in [0.05, 0.1) is 11.5 Å². The van der Waals surface area contributed by atoms with Crippen molar-refractivity contribution in [2.75, 3.05) is 7.05 Å². The molecule has 28 heavy (non-hydrogen) atoms. The van der Waals surface area contributed by atoms with E-state index in [0.29, 0.717) is 12.8 Å².